The number of nitrogens with two attached hydrogens (primary N) is 3. The van der Waals surface area contributed by atoms with E-state index in [-0.39, 0.29) is 30.5 Å². The van der Waals surface area contributed by atoms with Crippen molar-refractivity contribution in [3.8, 4) is 5.75 Å². The van der Waals surface area contributed by atoms with Gasteiger partial charge in [0.25, 0.3) is 0 Å². The number of carbonyl (C=O) groups excluding carboxylic acids is 3. The molecule has 0 radical (unpaired) electrons. The second-order valence-corrected chi connectivity index (χ2v) is 10.8. The van der Waals surface area contributed by atoms with Gasteiger partial charge in [0.05, 0.1) is 6.04 Å². The molecule has 11 N–H and O–H groups in total. The van der Waals surface area contributed by atoms with Crippen molar-refractivity contribution in [2.75, 3.05) is 18.6 Å². The lowest BCUT2D eigenvalue weighted by atomic mass is 10.0. The van der Waals surface area contributed by atoms with E-state index in [4.69, 9.17) is 17.2 Å². The molecule has 13 nitrogen and oxygen atoms in total. The molecule has 4 unspecified atom stereocenters. The van der Waals surface area contributed by atoms with Crippen molar-refractivity contribution < 1.29 is 29.4 Å². The van der Waals surface area contributed by atoms with Gasteiger partial charge in [0.15, 0.2) is 5.96 Å². The fourth-order valence-corrected chi connectivity index (χ4v) is 4.22. The van der Waals surface area contributed by atoms with Gasteiger partial charge in [0.1, 0.15) is 23.9 Å². The van der Waals surface area contributed by atoms with E-state index in [1.54, 1.807) is 12.1 Å². The van der Waals surface area contributed by atoms with Crippen LogP contribution in [0.3, 0.4) is 0 Å². The summed E-state index contributed by atoms with van der Waals surface area (Å²) < 4.78 is 0. The fourth-order valence-electron chi connectivity index (χ4n) is 3.75. The van der Waals surface area contributed by atoms with E-state index < -0.39 is 47.9 Å². The number of nitrogens with zero attached hydrogens (tertiary/aromatic N) is 1. The number of guanidine groups is 1. The first-order valence-corrected chi connectivity index (χ1v) is 14.4. The maximum Gasteiger partial charge on any atom is 0.326 e. The Balaban J connectivity index is 2.94. The predicted molar refractivity (Wildman–Crippen MR) is 156 cm³/mol. The van der Waals surface area contributed by atoms with Crippen LogP contribution in [0.4, 0.5) is 0 Å². The molecular formula is C26H43N7O6S. The average Bonchev–Trinajstić information content (AvgIpc) is 2.88. The van der Waals surface area contributed by atoms with Crippen LogP contribution in [0.15, 0.2) is 29.3 Å². The minimum Gasteiger partial charge on any atom is -0.508 e. The third kappa shape index (κ3) is 13.5. The number of nitrogens with one attached hydrogen (secondary N) is 3. The van der Waals surface area contributed by atoms with Crippen LogP contribution in [-0.4, -0.2) is 82.6 Å². The van der Waals surface area contributed by atoms with E-state index in [0.717, 1.165) is 0 Å². The number of benzene rings is 1. The lowest BCUT2D eigenvalue weighted by Gasteiger charge is -2.26. The van der Waals surface area contributed by atoms with Crippen molar-refractivity contribution in [3.05, 3.63) is 29.8 Å². The Kier molecular flexibility index (Phi) is 15.5. The molecule has 4 atom stereocenters. The summed E-state index contributed by atoms with van der Waals surface area (Å²) in [5.74, 6) is -2.44. The number of amides is 3. The van der Waals surface area contributed by atoms with Crippen LogP contribution in [0.25, 0.3) is 0 Å². The van der Waals surface area contributed by atoms with Crippen molar-refractivity contribution >= 4 is 41.4 Å². The number of aromatic hydroxyl groups is 1. The van der Waals surface area contributed by atoms with Crippen LogP contribution in [0, 0.1) is 5.92 Å². The molecule has 224 valence electrons. The zero-order chi connectivity index (χ0) is 30.2. The van der Waals surface area contributed by atoms with Crippen molar-refractivity contribution in [3.63, 3.8) is 0 Å². The minimum absolute atomic E-state index is 0.00527. The SMILES string of the molecule is CSCCC(NC(=O)C(N)CCCN=C(N)N)C(=O)NC(CC(C)C)C(=O)NC(Cc1ccc(O)cc1)C(=O)O. The van der Waals surface area contributed by atoms with Gasteiger partial charge in [-0.2, -0.15) is 11.8 Å². The molecule has 0 fully saturated rings. The first-order valence-electron chi connectivity index (χ1n) is 13.1. The first kappa shape index (κ1) is 34.5. The molecule has 0 bridgehead atoms. The van der Waals surface area contributed by atoms with Gasteiger partial charge < -0.3 is 43.4 Å². The summed E-state index contributed by atoms with van der Waals surface area (Å²) in [6, 6.07) is 1.87. The molecule has 0 aromatic heterocycles. The van der Waals surface area contributed by atoms with Gasteiger partial charge in [-0.3, -0.25) is 19.4 Å². The molecule has 0 aliphatic carbocycles. The van der Waals surface area contributed by atoms with E-state index in [1.807, 2.05) is 20.1 Å². The lowest BCUT2D eigenvalue weighted by Crippen LogP contribution is -2.57. The topological polar surface area (TPSA) is 235 Å². The molecule has 0 aliphatic rings. The Morgan fingerprint density at radius 1 is 0.925 bits per heavy atom. The first-order chi connectivity index (χ1) is 18.8. The van der Waals surface area contributed by atoms with Gasteiger partial charge in [-0.25, -0.2) is 4.79 Å². The van der Waals surface area contributed by atoms with E-state index in [2.05, 4.69) is 20.9 Å². The zero-order valence-electron chi connectivity index (χ0n) is 23.3. The summed E-state index contributed by atoms with van der Waals surface area (Å²) in [5.41, 5.74) is 17.2. The van der Waals surface area contributed by atoms with E-state index in [0.29, 0.717) is 37.1 Å². The van der Waals surface area contributed by atoms with Gasteiger partial charge in [0.2, 0.25) is 17.7 Å². The van der Waals surface area contributed by atoms with Crippen LogP contribution in [0.2, 0.25) is 0 Å². The summed E-state index contributed by atoms with van der Waals surface area (Å²) in [6.45, 7) is 4.05. The number of carboxylic acid groups (broad SMARTS) is 1. The molecule has 3 amide bonds. The van der Waals surface area contributed by atoms with Crippen molar-refractivity contribution in [1.82, 2.24) is 16.0 Å². The van der Waals surface area contributed by atoms with Gasteiger partial charge >= 0.3 is 5.97 Å². The molecule has 0 spiro atoms. The molecule has 40 heavy (non-hydrogen) atoms. The van der Waals surface area contributed by atoms with Gasteiger partial charge in [-0.05, 0) is 61.3 Å². The number of carboxylic acids is 1. The van der Waals surface area contributed by atoms with Crippen LogP contribution in [0.5, 0.6) is 5.75 Å². The zero-order valence-corrected chi connectivity index (χ0v) is 24.1. The Hall–Kier alpha value is -3.52. The molecule has 0 saturated heterocycles. The second-order valence-electron chi connectivity index (χ2n) is 9.86. The van der Waals surface area contributed by atoms with Crippen molar-refractivity contribution in [1.29, 1.82) is 0 Å². The van der Waals surface area contributed by atoms with Crippen LogP contribution < -0.4 is 33.2 Å². The molecule has 1 aromatic carbocycles. The smallest absolute Gasteiger partial charge is 0.326 e. The van der Waals surface area contributed by atoms with Crippen molar-refractivity contribution in [2.45, 2.75) is 70.1 Å². The highest BCUT2D eigenvalue weighted by Crippen LogP contribution is 2.13. The number of hydrogen-bond donors (Lipinski definition) is 8. The lowest BCUT2D eigenvalue weighted by molar-refractivity contribution is -0.142. The summed E-state index contributed by atoms with van der Waals surface area (Å²) in [6.07, 6.45) is 3.17. The minimum atomic E-state index is -1.26. The molecule has 14 heteroatoms. The van der Waals surface area contributed by atoms with Gasteiger partial charge in [-0.1, -0.05) is 26.0 Å². The molecular weight excluding hydrogens is 538 g/mol. The summed E-state index contributed by atoms with van der Waals surface area (Å²) in [5, 5.41) is 27.0. The fraction of sp³-hybridized carbons (Fsp3) is 0.577. The molecule has 1 rings (SSSR count). The Bertz CT molecular complexity index is 1000. The molecule has 0 heterocycles. The van der Waals surface area contributed by atoms with E-state index >= 15 is 0 Å². The average molecular weight is 582 g/mol. The van der Waals surface area contributed by atoms with Gasteiger partial charge in [-0.15, -0.1) is 0 Å². The monoisotopic (exact) mass is 581 g/mol. The highest BCUT2D eigenvalue weighted by Gasteiger charge is 2.30. The normalized spacial score (nSPS) is 13.9. The number of hydrogen-bond acceptors (Lipinski definition) is 8. The number of phenols is 1. The summed E-state index contributed by atoms with van der Waals surface area (Å²) in [4.78, 5) is 54.8. The Morgan fingerprint density at radius 2 is 1.50 bits per heavy atom. The Morgan fingerprint density at radius 3 is 2.05 bits per heavy atom. The third-order valence-electron chi connectivity index (χ3n) is 5.88. The van der Waals surface area contributed by atoms with E-state index in [9.17, 15) is 29.4 Å². The summed E-state index contributed by atoms with van der Waals surface area (Å²) in [7, 11) is 0. The standard InChI is InChI=1S/C26H43N7O6S/c1-15(2)13-20(24(37)33-21(25(38)39)14-16-6-8-17(34)9-7-16)32-23(36)19(10-12-40-3)31-22(35)18(27)5-4-11-30-26(28)29/h6-9,15,18-21,34H,4-5,10-14,27H2,1-3H3,(H,31,35)(H,32,36)(H,33,37)(H,38,39)(H4,28,29,30). The maximum atomic E-state index is 13.2. The van der Waals surface area contributed by atoms with Crippen LogP contribution in [0.1, 0.15) is 45.1 Å². The highest BCUT2D eigenvalue weighted by atomic mass is 32.2. The number of rotatable bonds is 18. The van der Waals surface area contributed by atoms with Gasteiger partial charge in [0, 0.05) is 13.0 Å². The second kappa shape index (κ2) is 17.9. The van der Waals surface area contributed by atoms with Crippen LogP contribution >= 0.6 is 11.8 Å². The quantitative estimate of drug-likeness (QED) is 0.0637. The largest absolute Gasteiger partial charge is 0.508 e. The molecule has 1 aromatic rings. The number of carbonyl (C=O) groups is 4. The number of phenolic OH excluding ortho intramolecular Hbond substituents is 1. The molecule has 0 saturated carbocycles. The highest BCUT2D eigenvalue weighted by molar-refractivity contribution is 7.98. The number of aliphatic carboxylic acids is 1. The van der Waals surface area contributed by atoms with E-state index in [1.165, 1.54) is 23.9 Å². The van der Waals surface area contributed by atoms with Crippen LogP contribution in [-0.2, 0) is 25.6 Å². The number of thioether (sulfide) groups is 1. The Labute approximate surface area is 239 Å². The van der Waals surface area contributed by atoms with Crippen molar-refractivity contribution in [2.24, 2.45) is 28.1 Å². The number of aliphatic imine (C=N–C) groups is 1. The molecule has 0 aliphatic heterocycles. The maximum absolute atomic E-state index is 13.2. The summed E-state index contributed by atoms with van der Waals surface area (Å²) >= 11 is 1.49. The third-order valence-corrected chi connectivity index (χ3v) is 6.52. The predicted octanol–water partition coefficient (Wildman–Crippen LogP) is -0.346.